The molecular weight excluding hydrogens is 283 g/mol. The van der Waals surface area contributed by atoms with E-state index in [9.17, 15) is 4.79 Å². The molecule has 0 radical (unpaired) electrons. The quantitative estimate of drug-likeness (QED) is 0.881. The molecule has 2 unspecified atom stereocenters. The lowest BCUT2D eigenvalue weighted by atomic mass is 9.99. The summed E-state index contributed by atoms with van der Waals surface area (Å²) >= 11 is 11.8. The number of hydrogen-bond acceptors (Lipinski definition) is 2. The fourth-order valence-corrected chi connectivity index (χ4v) is 3.65. The molecule has 2 fully saturated rings. The van der Waals surface area contributed by atoms with E-state index < -0.39 is 0 Å². The van der Waals surface area contributed by atoms with E-state index in [0.717, 1.165) is 12.8 Å². The van der Waals surface area contributed by atoms with Crippen molar-refractivity contribution in [3.63, 3.8) is 0 Å². The van der Waals surface area contributed by atoms with Gasteiger partial charge in [0.1, 0.15) is 0 Å². The van der Waals surface area contributed by atoms with Crippen LogP contribution in [0.2, 0.25) is 10.0 Å². The van der Waals surface area contributed by atoms with E-state index in [-0.39, 0.29) is 11.9 Å². The second-order valence-electron chi connectivity index (χ2n) is 5.44. The first kappa shape index (κ1) is 13.2. The zero-order valence-electron chi connectivity index (χ0n) is 10.5. The summed E-state index contributed by atoms with van der Waals surface area (Å²) in [6.07, 6.45) is 4.47. The fourth-order valence-electron chi connectivity index (χ4n) is 3.13. The van der Waals surface area contributed by atoms with Crippen LogP contribution >= 0.6 is 23.2 Å². The number of piperidine rings is 1. The van der Waals surface area contributed by atoms with E-state index in [2.05, 4.69) is 10.6 Å². The molecular formula is C14H16Cl2N2O. The Morgan fingerprint density at radius 1 is 1.11 bits per heavy atom. The Bertz CT molecular complexity index is 474. The minimum atomic E-state index is -0.0873. The lowest BCUT2D eigenvalue weighted by Gasteiger charge is -2.29. The highest BCUT2D eigenvalue weighted by molar-refractivity contribution is 6.35. The molecule has 5 heteroatoms. The number of fused-ring (bicyclic) bond motifs is 2. The van der Waals surface area contributed by atoms with Crippen LogP contribution in [0.4, 0.5) is 0 Å². The van der Waals surface area contributed by atoms with Gasteiger partial charge in [-0.15, -0.1) is 0 Å². The minimum absolute atomic E-state index is 0.0873. The number of carbonyl (C=O) groups excluding carboxylic acids is 1. The molecule has 1 aromatic carbocycles. The summed E-state index contributed by atoms with van der Waals surface area (Å²) in [6, 6.07) is 6.31. The van der Waals surface area contributed by atoms with Gasteiger partial charge >= 0.3 is 0 Å². The molecule has 3 nitrogen and oxygen atoms in total. The third-order valence-electron chi connectivity index (χ3n) is 3.93. The lowest BCUT2D eigenvalue weighted by Crippen LogP contribution is -2.48. The molecule has 2 bridgehead atoms. The smallest absolute Gasteiger partial charge is 0.251 e. The summed E-state index contributed by atoms with van der Waals surface area (Å²) in [5.41, 5.74) is 0.531. The predicted molar refractivity (Wildman–Crippen MR) is 76.9 cm³/mol. The summed E-state index contributed by atoms with van der Waals surface area (Å²) in [5.74, 6) is -0.0873. The summed E-state index contributed by atoms with van der Waals surface area (Å²) in [7, 11) is 0. The van der Waals surface area contributed by atoms with Crippen LogP contribution in [0.3, 0.4) is 0 Å². The Labute approximate surface area is 122 Å². The minimum Gasteiger partial charge on any atom is -0.349 e. The van der Waals surface area contributed by atoms with Crippen LogP contribution in [0.5, 0.6) is 0 Å². The van der Waals surface area contributed by atoms with Gasteiger partial charge in [-0.05, 0) is 43.9 Å². The van der Waals surface area contributed by atoms with Gasteiger partial charge in [0, 0.05) is 33.7 Å². The van der Waals surface area contributed by atoms with Crippen LogP contribution in [-0.4, -0.2) is 24.0 Å². The molecule has 3 rings (SSSR count). The first-order valence-electron chi connectivity index (χ1n) is 6.63. The van der Waals surface area contributed by atoms with Gasteiger partial charge in [-0.3, -0.25) is 4.79 Å². The second-order valence-corrected chi connectivity index (χ2v) is 6.31. The molecule has 0 saturated carbocycles. The van der Waals surface area contributed by atoms with Crippen LogP contribution in [-0.2, 0) is 0 Å². The number of amides is 1. The molecule has 2 atom stereocenters. The maximum absolute atomic E-state index is 12.2. The van der Waals surface area contributed by atoms with Crippen molar-refractivity contribution in [2.75, 3.05) is 0 Å². The maximum Gasteiger partial charge on any atom is 0.251 e. The summed E-state index contributed by atoms with van der Waals surface area (Å²) in [5, 5.41) is 7.63. The molecule has 2 heterocycles. The Morgan fingerprint density at radius 2 is 1.68 bits per heavy atom. The van der Waals surface area contributed by atoms with E-state index in [1.54, 1.807) is 18.2 Å². The standard InChI is InChI=1S/C14H16Cl2N2O/c15-9-3-8(4-10(16)5-9)14(19)18-13-6-11-1-2-12(7-13)17-11/h3-5,11-13,17H,1-2,6-7H2,(H,18,19). The van der Waals surface area contributed by atoms with Gasteiger partial charge in [0.25, 0.3) is 5.91 Å². The average molecular weight is 299 g/mol. The molecule has 2 aliphatic heterocycles. The third kappa shape index (κ3) is 3.04. The van der Waals surface area contributed by atoms with E-state index in [1.807, 2.05) is 0 Å². The Hall–Kier alpha value is -0.770. The highest BCUT2D eigenvalue weighted by Crippen LogP contribution is 2.27. The van der Waals surface area contributed by atoms with Crippen molar-refractivity contribution in [1.82, 2.24) is 10.6 Å². The van der Waals surface area contributed by atoms with Crippen molar-refractivity contribution < 1.29 is 4.79 Å². The highest BCUT2D eigenvalue weighted by Gasteiger charge is 2.34. The summed E-state index contributed by atoms with van der Waals surface area (Å²) in [4.78, 5) is 12.2. The number of benzene rings is 1. The first-order valence-corrected chi connectivity index (χ1v) is 7.39. The van der Waals surface area contributed by atoms with Crippen LogP contribution in [0, 0.1) is 0 Å². The van der Waals surface area contributed by atoms with Crippen LogP contribution in [0.25, 0.3) is 0 Å². The van der Waals surface area contributed by atoms with E-state index in [4.69, 9.17) is 23.2 Å². The zero-order valence-corrected chi connectivity index (χ0v) is 12.0. The summed E-state index contributed by atoms with van der Waals surface area (Å²) in [6.45, 7) is 0. The van der Waals surface area contributed by atoms with Crippen molar-refractivity contribution in [3.05, 3.63) is 33.8 Å². The van der Waals surface area contributed by atoms with Gasteiger partial charge < -0.3 is 10.6 Å². The van der Waals surface area contributed by atoms with Crippen molar-refractivity contribution in [2.24, 2.45) is 0 Å². The third-order valence-corrected chi connectivity index (χ3v) is 4.37. The Morgan fingerprint density at radius 3 is 2.26 bits per heavy atom. The van der Waals surface area contributed by atoms with E-state index in [1.165, 1.54) is 12.8 Å². The molecule has 102 valence electrons. The van der Waals surface area contributed by atoms with Gasteiger partial charge in [-0.25, -0.2) is 0 Å². The van der Waals surface area contributed by atoms with E-state index >= 15 is 0 Å². The SMILES string of the molecule is O=C(NC1CC2CCC(C1)N2)c1cc(Cl)cc(Cl)c1. The van der Waals surface area contributed by atoms with Crippen LogP contribution in [0.15, 0.2) is 18.2 Å². The number of nitrogens with one attached hydrogen (secondary N) is 2. The van der Waals surface area contributed by atoms with Crippen molar-refractivity contribution in [1.29, 1.82) is 0 Å². The van der Waals surface area contributed by atoms with E-state index in [0.29, 0.717) is 27.7 Å². The number of rotatable bonds is 2. The van der Waals surface area contributed by atoms with Gasteiger partial charge in [-0.2, -0.15) is 0 Å². The van der Waals surface area contributed by atoms with Crippen molar-refractivity contribution in [2.45, 2.75) is 43.8 Å². The second kappa shape index (κ2) is 5.31. The number of halogens is 2. The Balaban J connectivity index is 1.67. The molecule has 2 aliphatic rings. The monoisotopic (exact) mass is 298 g/mol. The molecule has 0 spiro atoms. The highest BCUT2D eigenvalue weighted by atomic mass is 35.5. The van der Waals surface area contributed by atoms with Gasteiger partial charge in [0.15, 0.2) is 0 Å². The Kier molecular flexibility index (Phi) is 3.70. The van der Waals surface area contributed by atoms with Crippen LogP contribution < -0.4 is 10.6 Å². The van der Waals surface area contributed by atoms with Crippen molar-refractivity contribution in [3.8, 4) is 0 Å². The first-order chi connectivity index (χ1) is 9.10. The zero-order chi connectivity index (χ0) is 13.4. The van der Waals surface area contributed by atoms with Crippen LogP contribution in [0.1, 0.15) is 36.0 Å². The van der Waals surface area contributed by atoms with Gasteiger partial charge in [0.2, 0.25) is 0 Å². The maximum atomic E-state index is 12.2. The molecule has 2 N–H and O–H groups in total. The molecule has 1 amide bonds. The predicted octanol–water partition coefficient (Wildman–Crippen LogP) is 3.01. The fraction of sp³-hybridized carbons (Fsp3) is 0.500. The number of carbonyl (C=O) groups is 1. The molecule has 2 saturated heterocycles. The normalized spacial score (nSPS) is 29.3. The molecule has 0 aromatic heterocycles. The average Bonchev–Trinajstić information content (AvgIpc) is 2.67. The summed E-state index contributed by atoms with van der Waals surface area (Å²) < 4.78 is 0. The van der Waals surface area contributed by atoms with Crippen molar-refractivity contribution >= 4 is 29.1 Å². The molecule has 1 aromatic rings. The molecule has 0 aliphatic carbocycles. The molecule has 19 heavy (non-hydrogen) atoms. The lowest BCUT2D eigenvalue weighted by molar-refractivity contribution is 0.0924. The van der Waals surface area contributed by atoms with Gasteiger partial charge in [-0.1, -0.05) is 23.2 Å². The topological polar surface area (TPSA) is 41.1 Å². The van der Waals surface area contributed by atoms with Gasteiger partial charge in [0.05, 0.1) is 0 Å². The number of hydrogen-bond donors (Lipinski definition) is 2. The largest absolute Gasteiger partial charge is 0.349 e.